The summed E-state index contributed by atoms with van der Waals surface area (Å²) in [5.41, 5.74) is 1.96. The number of hydrogen-bond acceptors (Lipinski definition) is 7. The van der Waals surface area contributed by atoms with E-state index in [0.717, 1.165) is 11.1 Å². The minimum Gasteiger partial charge on any atom is -0.337 e. The number of benzene rings is 2. The van der Waals surface area contributed by atoms with Gasteiger partial charge in [0.25, 0.3) is 0 Å². The molecule has 3 aliphatic rings. The van der Waals surface area contributed by atoms with Gasteiger partial charge in [-0.2, -0.15) is 9.82 Å². The van der Waals surface area contributed by atoms with E-state index >= 15 is 0 Å². The Morgan fingerprint density at radius 3 is 2.44 bits per heavy atom. The summed E-state index contributed by atoms with van der Waals surface area (Å²) >= 11 is 0. The molecule has 0 aromatic heterocycles. The molecular weight excluding hydrogens is 480 g/mol. The number of carbonyl (C=O) groups is 3. The van der Waals surface area contributed by atoms with Gasteiger partial charge in [0.05, 0.1) is 22.9 Å². The van der Waals surface area contributed by atoms with Crippen molar-refractivity contribution in [3.8, 4) is 0 Å². The van der Waals surface area contributed by atoms with Crippen molar-refractivity contribution in [1.29, 1.82) is 0 Å². The first-order valence-electron chi connectivity index (χ1n) is 11.5. The Labute approximate surface area is 208 Å². The van der Waals surface area contributed by atoms with Crippen LogP contribution in [0.25, 0.3) is 0 Å². The lowest BCUT2D eigenvalue weighted by Gasteiger charge is -2.28. The van der Waals surface area contributed by atoms with Gasteiger partial charge in [0, 0.05) is 24.2 Å². The van der Waals surface area contributed by atoms with Crippen LogP contribution in [0.15, 0.2) is 76.8 Å². The molecule has 2 aliphatic carbocycles. The molecule has 2 aromatic rings. The smallest absolute Gasteiger partial charge is 0.241 e. The fourth-order valence-corrected chi connectivity index (χ4v) is 6.16. The van der Waals surface area contributed by atoms with Crippen LogP contribution in [0.5, 0.6) is 0 Å². The second kappa shape index (κ2) is 9.29. The Morgan fingerprint density at radius 2 is 1.72 bits per heavy atom. The molecule has 3 atom stereocenters. The fraction of sp³-hybridized carbons (Fsp3) is 0.231. The number of amides is 1. The third-order valence-electron chi connectivity index (χ3n) is 6.72. The van der Waals surface area contributed by atoms with Crippen LogP contribution in [-0.2, 0) is 21.4 Å². The van der Waals surface area contributed by atoms with Crippen molar-refractivity contribution in [1.82, 2.24) is 9.62 Å². The number of carbonyl (C=O) groups excluding carboxylic acids is 3. The standard InChI is InChI=1S/C26H24N4O5S/c27-28-14-16-4-3-5-17(12-16)15-30-11-10-23(26(30)33)29-36(34,35)18-8-9-21-22(13-18)25(32)20-7-2-1-6-19(20)24(21)31/h1-9,12-14,19-20,23,29H,10-11,15,27H2/t19?,20?,23-/m0/s1. The number of Topliss-reactive ketones (excluding diaryl/α,β-unsaturated/α-hetero) is 2. The number of nitrogens with one attached hydrogen (secondary N) is 1. The van der Waals surface area contributed by atoms with Crippen molar-refractivity contribution < 1.29 is 22.8 Å². The summed E-state index contributed by atoms with van der Waals surface area (Å²) in [5.74, 6) is 3.16. The third-order valence-corrected chi connectivity index (χ3v) is 8.18. The predicted molar refractivity (Wildman–Crippen MR) is 133 cm³/mol. The van der Waals surface area contributed by atoms with Gasteiger partial charge in [-0.05, 0) is 41.8 Å². The van der Waals surface area contributed by atoms with Gasteiger partial charge in [-0.1, -0.05) is 42.5 Å². The fourth-order valence-electron chi connectivity index (χ4n) is 4.92. The number of sulfonamides is 1. The van der Waals surface area contributed by atoms with Gasteiger partial charge in [0.2, 0.25) is 15.9 Å². The van der Waals surface area contributed by atoms with Crippen molar-refractivity contribution in [2.45, 2.75) is 23.9 Å². The van der Waals surface area contributed by atoms with Crippen molar-refractivity contribution in [2.24, 2.45) is 22.8 Å². The number of ketones is 2. The maximum atomic E-state index is 13.1. The van der Waals surface area contributed by atoms with Crippen molar-refractivity contribution in [3.63, 3.8) is 0 Å². The van der Waals surface area contributed by atoms with Crippen LogP contribution in [0.3, 0.4) is 0 Å². The van der Waals surface area contributed by atoms with Crippen molar-refractivity contribution in [3.05, 3.63) is 89.0 Å². The molecule has 1 fully saturated rings. The van der Waals surface area contributed by atoms with Gasteiger partial charge in [-0.3, -0.25) is 14.4 Å². The first-order valence-corrected chi connectivity index (χ1v) is 13.0. The second-order valence-electron chi connectivity index (χ2n) is 9.00. The molecule has 1 heterocycles. The molecule has 2 aromatic carbocycles. The van der Waals surface area contributed by atoms with E-state index in [2.05, 4.69) is 9.82 Å². The summed E-state index contributed by atoms with van der Waals surface area (Å²) in [4.78, 5) is 40.3. The Hall–Kier alpha value is -3.89. The second-order valence-corrected chi connectivity index (χ2v) is 10.7. The number of rotatable bonds is 6. The van der Waals surface area contributed by atoms with Crippen molar-refractivity contribution in [2.75, 3.05) is 6.54 Å². The summed E-state index contributed by atoms with van der Waals surface area (Å²) in [7, 11) is -4.11. The van der Waals surface area contributed by atoms with E-state index in [1.54, 1.807) is 29.2 Å². The average molecular weight is 505 g/mol. The predicted octanol–water partition coefficient (Wildman–Crippen LogP) is 1.80. The number of nitrogens with zero attached hydrogens (tertiary/aromatic N) is 2. The number of allylic oxidation sites excluding steroid dienone is 4. The van der Waals surface area contributed by atoms with Crippen LogP contribution in [0.1, 0.15) is 38.3 Å². The molecule has 1 amide bonds. The molecule has 184 valence electrons. The summed E-state index contributed by atoms with van der Waals surface area (Å²) < 4.78 is 28.8. The number of likely N-dealkylation sites (tertiary alicyclic amines) is 1. The first-order chi connectivity index (χ1) is 17.3. The topological polar surface area (TPSA) is 139 Å². The minimum atomic E-state index is -4.11. The molecular formula is C26H24N4O5S. The summed E-state index contributed by atoms with van der Waals surface area (Å²) in [6.07, 6.45) is 8.61. The van der Waals surface area contributed by atoms with E-state index < -0.39 is 27.9 Å². The largest absolute Gasteiger partial charge is 0.337 e. The third kappa shape index (κ3) is 4.29. The Kier molecular flexibility index (Phi) is 6.15. The maximum Gasteiger partial charge on any atom is 0.241 e. The number of fused-ring (bicyclic) bond motifs is 2. The van der Waals surface area contributed by atoms with E-state index in [-0.39, 0.29) is 33.5 Å². The SMILES string of the molecule is NN=Cc1cccc(CN2CC[C@H](NS(=O)(=O)c3ccc4c(c3)C(=O)C3C=CC=CC3C4=O)C2=O)c1. The highest BCUT2D eigenvalue weighted by Crippen LogP contribution is 2.35. The maximum absolute atomic E-state index is 13.1. The zero-order valence-electron chi connectivity index (χ0n) is 19.2. The van der Waals surface area contributed by atoms with E-state index in [9.17, 15) is 22.8 Å². The van der Waals surface area contributed by atoms with Gasteiger partial charge < -0.3 is 10.7 Å². The lowest BCUT2D eigenvalue weighted by Crippen LogP contribution is -2.41. The highest BCUT2D eigenvalue weighted by molar-refractivity contribution is 7.89. The number of nitrogens with two attached hydrogens (primary N) is 1. The molecule has 0 saturated carbocycles. The van der Waals surface area contributed by atoms with Crippen LogP contribution in [-0.4, -0.2) is 49.6 Å². The molecule has 1 saturated heterocycles. The molecule has 0 radical (unpaired) electrons. The molecule has 36 heavy (non-hydrogen) atoms. The molecule has 3 N–H and O–H groups in total. The highest BCUT2D eigenvalue weighted by atomic mass is 32.2. The van der Waals surface area contributed by atoms with E-state index in [4.69, 9.17) is 5.84 Å². The normalized spacial score (nSPS) is 23.4. The lowest BCUT2D eigenvalue weighted by molar-refractivity contribution is -0.129. The molecule has 10 heteroatoms. The van der Waals surface area contributed by atoms with Gasteiger partial charge in [0.15, 0.2) is 11.6 Å². The number of hydrazone groups is 1. The Morgan fingerprint density at radius 1 is 1.00 bits per heavy atom. The Balaban J connectivity index is 1.33. The van der Waals surface area contributed by atoms with Crippen LogP contribution in [0.4, 0.5) is 0 Å². The summed E-state index contributed by atoms with van der Waals surface area (Å²) in [6, 6.07) is 10.4. The van der Waals surface area contributed by atoms with E-state index in [1.807, 2.05) is 24.3 Å². The molecule has 1 aliphatic heterocycles. The van der Waals surface area contributed by atoms with E-state index in [1.165, 1.54) is 24.4 Å². The molecule has 2 unspecified atom stereocenters. The van der Waals surface area contributed by atoms with Crippen LogP contribution >= 0.6 is 0 Å². The van der Waals surface area contributed by atoms with Gasteiger partial charge in [-0.15, -0.1) is 0 Å². The highest BCUT2D eigenvalue weighted by Gasteiger charge is 2.40. The quantitative estimate of drug-likeness (QED) is 0.349. The monoisotopic (exact) mass is 504 g/mol. The first kappa shape index (κ1) is 23.8. The van der Waals surface area contributed by atoms with Crippen LogP contribution in [0.2, 0.25) is 0 Å². The minimum absolute atomic E-state index is 0.0874. The Bertz CT molecular complexity index is 1460. The molecule has 0 bridgehead atoms. The average Bonchev–Trinajstić information content (AvgIpc) is 3.20. The van der Waals surface area contributed by atoms with Crippen molar-refractivity contribution >= 4 is 33.7 Å². The van der Waals surface area contributed by atoms with Gasteiger partial charge in [-0.25, -0.2) is 8.42 Å². The van der Waals surface area contributed by atoms with Crippen LogP contribution in [0, 0.1) is 11.8 Å². The zero-order chi connectivity index (χ0) is 25.4. The van der Waals surface area contributed by atoms with Crippen LogP contribution < -0.4 is 10.6 Å². The summed E-state index contributed by atoms with van der Waals surface area (Å²) in [5, 5.41) is 3.50. The molecule has 9 nitrogen and oxygen atoms in total. The van der Waals surface area contributed by atoms with E-state index in [0.29, 0.717) is 19.5 Å². The van der Waals surface area contributed by atoms with Gasteiger partial charge >= 0.3 is 0 Å². The molecule has 0 spiro atoms. The lowest BCUT2D eigenvalue weighted by atomic mass is 9.72. The zero-order valence-corrected chi connectivity index (χ0v) is 20.0. The summed E-state index contributed by atoms with van der Waals surface area (Å²) in [6.45, 7) is 0.713. The molecule has 5 rings (SSSR count). The van der Waals surface area contributed by atoms with Gasteiger partial charge in [0.1, 0.15) is 6.04 Å². The number of hydrogen-bond donors (Lipinski definition) is 2.